The normalized spacial score (nSPS) is 17.5. The molecule has 3 heterocycles. The van der Waals surface area contributed by atoms with Crippen molar-refractivity contribution in [3.8, 4) is 22.4 Å². The van der Waals surface area contributed by atoms with Gasteiger partial charge in [-0.25, -0.2) is 9.55 Å². The van der Waals surface area contributed by atoms with Crippen LogP contribution in [0.2, 0.25) is 0 Å². The van der Waals surface area contributed by atoms with E-state index in [1.165, 1.54) is 42.4 Å². The van der Waals surface area contributed by atoms with Gasteiger partial charge >= 0.3 is 0 Å². The standard InChI is InChI=1S/C36H29N2O/c1-22-9-11-25-26-6-5-18-37-34(26)39-33(25)32(22)31-21-24(13-19-38(31)2)23-10-12-29-30(20-23)36(16-17-36)28-8-4-3-7-27(28)35(29)14-15-35/h3-13,18-21H,14-17H2,1-2H3/q+1. The van der Waals surface area contributed by atoms with Gasteiger partial charge in [0.15, 0.2) is 11.8 Å². The first-order valence-electron chi connectivity index (χ1n) is 14.1. The Morgan fingerprint density at radius 3 is 2.21 bits per heavy atom. The topological polar surface area (TPSA) is 29.9 Å². The molecular formula is C36H29N2O+. The molecule has 188 valence electrons. The maximum atomic E-state index is 6.37. The predicted octanol–water partition coefficient (Wildman–Crippen LogP) is 7.92. The number of benzene rings is 3. The molecule has 0 unspecified atom stereocenters. The second-order valence-electron chi connectivity index (χ2n) is 12.0. The molecule has 0 saturated heterocycles. The van der Waals surface area contributed by atoms with Crippen molar-refractivity contribution in [1.82, 2.24) is 4.98 Å². The van der Waals surface area contributed by atoms with Gasteiger partial charge < -0.3 is 4.42 Å². The molecule has 2 saturated carbocycles. The molecule has 0 N–H and O–H groups in total. The van der Waals surface area contributed by atoms with Gasteiger partial charge in [-0.15, -0.1) is 0 Å². The number of aryl methyl sites for hydroxylation is 2. The summed E-state index contributed by atoms with van der Waals surface area (Å²) in [6.45, 7) is 2.17. The third-order valence-corrected chi connectivity index (χ3v) is 9.87. The number of hydrogen-bond acceptors (Lipinski definition) is 2. The number of pyridine rings is 2. The lowest BCUT2D eigenvalue weighted by atomic mass is 9.68. The van der Waals surface area contributed by atoms with Crippen LogP contribution in [0.25, 0.3) is 44.5 Å². The van der Waals surface area contributed by atoms with Crippen LogP contribution in [-0.2, 0) is 17.9 Å². The summed E-state index contributed by atoms with van der Waals surface area (Å²) < 4.78 is 8.58. The van der Waals surface area contributed by atoms with Crippen molar-refractivity contribution in [2.45, 2.75) is 43.4 Å². The summed E-state index contributed by atoms with van der Waals surface area (Å²) in [4.78, 5) is 4.49. The average molecular weight is 506 g/mol. The number of nitrogens with zero attached hydrogens (tertiary/aromatic N) is 2. The fraction of sp³-hybridized carbons (Fsp3) is 0.222. The highest BCUT2D eigenvalue weighted by Crippen LogP contribution is 2.68. The second-order valence-corrected chi connectivity index (χ2v) is 12.0. The fourth-order valence-corrected chi connectivity index (χ4v) is 7.56. The zero-order valence-corrected chi connectivity index (χ0v) is 22.3. The summed E-state index contributed by atoms with van der Waals surface area (Å²) >= 11 is 0. The minimum atomic E-state index is 0.210. The van der Waals surface area contributed by atoms with Crippen LogP contribution in [0.4, 0.5) is 0 Å². The van der Waals surface area contributed by atoms with Crippen LogP contribution >= 0.6 is 0 Å². The minimum absolute atomic E-state index is 0.210. The van der Waals surface area contributed by atoms with Crippen molar-refractivity contribution in [3.63, 3.8) is 0 Å². The van der Waals surface area contributed by atoms with Crippen molar-refractivity contribution >= 4 is 22.1 Å². The Hall–Kier alpha value is -4.24. The molecule has 3 nitrogen and oxygen atoms in total. The Morgan fingerprint density at radius 1 is 0.718 bits per heavy atom. The molecule has 0 amide bonds. The van der Waals surface area contributed by atoms with Gasteiger partial charge in [-0.3, -0.25) is 0 Å². The Kier molecular flexibility index (Phi) is 4.02. The lowest BCUT2D eigenvalue weighted by molar-refractivity contribution is -0.660. The van der Waals surface area contributed by atoms with E-state index in [1.54, 1.807) is 28.5 Å². The average Bonchev–Trinajstić information content (AvgIpc) is 3.89. The van der Waals surface area contributed by atoms with Crippen LogP contribution in [-0.4, -0.2) is 4.98 Å². The monoisotopic (exact) mass is 505 g/mol. The van der Waals surface area contributed by atoms with Gasteiger partial charge in [0.2, 0.25) is 11.4 Å². The second kappa shape index (κ2) is 7.24. The fourth-order valence-electron chi connectivity index (χ4n) is 7.56. The zero-order valence-electron chi connectivity index (χ0n) is 22.3. The van der Waals surface area contributed by atoms with Gasteiger partial charge in [0, 0.05) is 39.9 Å². The summed E-state index contributed by atoms with van der Waals surface area (Å²) in [5.41, 5.74) is 14.4. The van der Waals surface area contributed by atoms with Crippen molar-refractivity contribution in [2.24, 2.45) is 7.05 Å². The zero-order chi connectivity index (χ0) is 25.9. The van der Waals surface area contributed by atoms with E-state index in [0.29, 0.717) is 5.71 Å². The number of aromatic nitrogens is 2. The lowest BCUT2D eigenvalue weighted by Crippen LogP contribution is -2.30. The van der Waals surface area contributed by atoms with Crippen molar-refractivity contribution in [2.75, 3.05) is 0 Å². The number of furan rings is 1. The molecular weight excluding hydrogens is 476 g/mol. The van der Waals surface area contributed by atoms with Crippen LogP contribution in [0.5, 0.6) is 0 Å². The minimum Gasteiger partial charge on any atom is -0.437 e. The molecule has 3 aliphatic carbocycles. The van der Waals surface area contributed by atoms with Gasteiger partial charge in [0.1, 0.15) is 7.05 Å². The number of fused-ring (bicyclic) bond motifs is 9. The van der Waals surface area contributed by atoms with Crippen LogP contribution < -0.4 is 4.57 Å². The van der Waals surface area contributed by atoms with E-state index in [4.69, 9.17) is 4.42 Å². The summed E-state index contributed by atoms with van der Waals surface area (Å²) in [6, 6.07) is 29.7. The first-order valence-corrected chi connectivity index (χ1v) is 14.1. The van der Waals surface area contributed by atoms with Gasteiger partial charge in [-0.05, 0) is 89.8 Å². The SMILES string of the molecule is Cc1ccc2c(oc3ncccc32)c1-c1cc(-c2ccc3c(c2)C2(CC2)c2ccccc2C32CC2)cc[n+]1C. The first-order chi connectivity index (χ1) is 19.1. The summed E-state index contributed by atoms with van der Waals surface area (Å²) in [5.74, 6) is 0. The molecule has 39 heavy (non-hydrogen) atoms. The highest BCUT2D eigenvalue weighted by molar-refractivity contribution is 6.08. The highest BCUT2D eigenvalue weighted by Gasteiger charge is 2.60. The summed E-state index contributed by atoms with van der Waals surface area (Å²) in [5, 5.41) is 2.17. The van der Waals surface area contributed by atoms with Crippen LogP contribution in [0.15, 0.2) is 95.7 Å². The maximum Gasteiger partial charge on any atom is 0.227 e. The van der Waals surface area contributed by atoms with E-state index < -0.39 is 0 Å². The molecule has 9 rings (SSSR count). The summed E-state index contributed by atoms with van der Waals surface area (Å²) in [7, 11) is 2.12. The molecule has 3 heteroatoms. The Morgan fingerprint density at radius 2 is 1.44 bits per heavy atom. The quantitative estimate of drug-likeness (QED) is 0.224. The largest absolute Gasteiger partial charge is 0.437 e. The molecule has 3 aliphatic rings. The first kappa shape index (κ1) is 21.7. The number of hydrogen-bond donors (Lipinski definition) is 0. The molecule has 3 aromatic heterocycles. The molecule has 2 fully saturated rings. The Labute approximate surface area is 227 Å². The molecule has 6 aromatic rings. The molecule has 0 atom stereocenters. The van der Waals surface area contributed by atoms with Gasteiger partial charge in [0.25, 0.3) is 0 Å². The van der Waals surface area contributed by atoms with Gasteiger partial charge in [0.05, 0.1) is 5.56 Å². The molecule has 0 radical (unpaired) electrons. The van der Waals surface area contributed by atoms with E-state index in [9.17, 15) is 0 Å². The summed E-state index contributed by atoms with van der Waals surface area (Å²) in [6.07, 6.45) is 9.04. The molecule has 2 spiro atoms. The van der Waals surface area contributed by atoms with E-state index >= 15 is 0 Å². The molecule has 3 aromatic carbocycles. The van der Waals surface area contributed by atoms with Gasteiger partial charge in [-0.1, -0.05) is 48.5 Å². The Balaban J connectivity index is 1.23. The van der Waals surface area contributed by atoms with E-state index in [0.717, 1.165) is 27.6 Å². The van der Waals surface area contributed by atoms with Crippen LogP contribution in [0.3, 0.4) is 0 Å². The van der Waals surface area contributed by atoms with Crippen molar-refractivity contribution < 1.29 is 8.98 Å². The predicted molar refractivity (Wildman–Crippen MR) is 155 cm³/mol. The van der Waals surface area contributed by atoms with E-state index in [1.807, 2.05) is 6.07 Å². The van der Waals surface area contributed by atoms with Crippen LogP contribution in [0, 0.1) is 6.92 Å². The maximum absolute atomic E-state index is 6.37. The van der Waals surface area contributed by atoms with Crippen molar-refractivity contribution in [1.29, 1.82) is 0 Å². The molecule has 0 aliphatic heterocycles. The lowest BCUT2D eigenvalue weighted by Gasteiger charge is -2.35. The highest BCUT2D eigenvalue weighted by atomic mass is 16.3. The van der Waals surface area contributed by atoms with Crippen molar-refractivity contribution in [3.05, 3.63) is 119 Å². The third kappa shape index (κ3) is 2.78. The van der Waals surface area contributed by atoms with E-state index in [-0.39, 0.29) is 10.8 Å². The van der Waals surface area contributed by atoms with Crippen LogP contribution in [0.1, 0.15) is 53.5 Å². The molecule has 0 bridgehead atoms. The smallest absolute Gasteiger partial charge is 0.227 e. The van der Waals surface area contributed by atoms with Gasteiger partial charge in [-0.2, -0.15) is 0 Å². The number of rotatable bonds is 2. The Bertz CT molecular complexity index is 2000. The van der Waals surface area contributed by atoms with E-state index in [2.05, 4.69) is 103 Å². The third-order valence-electron chi connectivity index (χ3n) is 9.87.